The molecule has 0 amide bonds. The summed E-state index contributed by atoms with van der Waals surface area (Å²) in [5, 5.41) is 0. The predicted octanol–water partition coefficient (Wildman–Crippen LogP) is 3.54. The molecule has 0 heterocycles. The fourth-order valence-electron chi connectivity index (χ4n) is 1.70. The average molecular weight is 185 g/mol. The summed E-state index contributed by atoms with van der Waals surface area (Å²) < 4.78 is 0. The highest BCUT2D eigenvalue weighted by Gasteiger charge is 2.12. The topological polar surface area (TPSA) is 3.24 Å². The van der Waals surface area contributed by atoms with Crippen LogP contribution in [-0.2, 0) is 0 Å². The third-order valence-electron chi connectivity index (χ3n) is 2.14. The Balaban J connectivity index is 3.35. The maximum atomic E-state index is 2.45. The van der Waals surface area contributed by atoms with Gasteiger partial charge in [0.1, 0.15) is 0 Å². The fourth-order valence-corrected chi connectivity index (χ4v) is 1.70. The van der Waals surface area contributed by atoms with Crippen molar-refractivity contribution in [1.29, 1.82) is 0 Å². The lowest BCUT2D eigenvalue weighted by molar-refractivity contribution is 0.223. The van der Waals surface area contributed by atoms with Crippen LogP contribution >= 0.6 is 0 Å². The molecule has 0 spiro atoms. The van der Waals surface area contributed by atoms with Gasteiger partial charge in [-0.05, 0) is 25.4 Å². The maximum Gasteiger partial charge on any atom is 0.00270 e. The second kappa shape index (κ2) is 6.42. The third kappa shape index (κ3) is 9.88. The molecule has 0 unspecified atom stereocenters. The van der Waals surface area contributed by atoms with E-state index in [2.05, 4.69) is 39.6 Å². The lowest BCUT2D eigenvalue weighted by Gasteiger charge is -2.26. The van der Waals surface area contributed by atoms with Crippen molar-refractivity contribution in [3.05, 3.63) is 0 Å². The van der Waals surface area contributed by atoms with Gasteiger partial charge in [-0.1, -0.05) is 47.0 Å². The molecule has 0 aliphatic carbocycles. The quantitative estimate of drug-likeness (QED) is 0.572. The molecule has 0 saturated heterocycles. The van der Waals surface area contributed by atoms with Crippen molar-refractivity contribution >= 4 is 0 Å². The van der Waals surface area contributed by atoms with E-state index in [9.17, 15) is 0 Å². The Hall–Kier alpha value is -0.0400. The van der Waals surface area contributed by atoms with Gasteiger partial charge in [-0.2, -0.15) is 0 Å². The molecular weight excluding hydrogens is 158 g/mol. The summed E-state index contributed by atoms with van der Waals surface area (Å²) in [7, 11) is 2.23. The fraction of sp³-hybridized carbons (Fsp3) is 1.00. The van der Waals surface area contributed by atoms with Gasteiger partial charge in [0.25, 0.3) is 0 Å². The van der Waals surface area contributed by atoms with Crippen LogP contribution in [0.25, 0.3) is 0 Å². The zero-order chi connectivity index (χ0) is 10.3. The Bertz CT molecular complexity index is 113. The van der Waals surface area contributed by atoms with E-state index in [0.717, 1.165) is 0 Å². The molecule has 0 radical (unpaired) electrons. The van der Waals surface area contributed by atoms with Crippen LogP contribution < -0.4 is 0 Å². The normalized spacial score (nSPS) is 12.5. The van der Waals surface area contributed by atoms with Crippen LogP contribution in [0.1, 0.15) is 53.4 Å². The van der Waals surface area contributed by atoms with Crippen LogP contribution in [0.15, 0.2) is 0 Å². The molecule has 1 nitrogen and oxygen atoms in total. The van der Waals surface area contributed by atoms with Crippen LogP contribution in [-0.4, -0.2) is 25.0 Å². The van der Waals surface area contributed by atoms with Gasteiger partial charge in [-0.3, -0.25) is 0 Å². The van der Waals surface area contributed by atoms with E-state index in [-0.39, 0.29) is 0 Å². The Kier molecular flexibility index (Phi) is 6.40. The monoisotopic (exact) mass is 185 g/mol. The molecule has 0 aromatic rings. The summed E-state index contributed by atoms with van der Waals surface area (Å²) in [6.45, 7) is 11.6. The largest absolute Gasteiger partial charge is 0.306 e. The van der Waals surface area contributed by atoms with Crippen molar-refractivity contribution in [2.45, 2.75) is 53.4 Å². The van der Waals surface area contributed by atoms with Crippen LogP contribution in [0.2, 0.25) is 0 Å². The lowest BCUT2D eigenvalue weighted by atomic mass is 9.96. The molecular formula is C12H27N. The van der Waals surface area contributed by atoms with Gasteiger partial charge < -0.3 is 4.90 Å². The highest BCUT2D eigenvalue weighted by molar-refractivity contribution is 4.66. The summed E-state index contributed by atoms with van der Waals surface area (Å²) >= 11 is 0. The molecule has 80 valence electrons. The Labute approximate surface area is 84.5 Å². The molecule has 0 atom stereocenters. The van der Waals surface area contributed by atoms with Gasteiger partial charge in [0.2, 0.25) is 0 Å². The molecule has 0 fully saturated rings. The van der Waals surface area contributed by atoms with E-state index in [4.69, 9.17) is 0 Å². The van der Waals surface area contributed by atoms with Gasteiger partial charge in [0.05, 0.1) is 0 Å². The first-order chi connectivity index (χ1) is 5.95. The van der Waals surface area contributed by atoms with Gasteiger partial charge in [-0.25, -0.2) is 0 Å². The molecule has 0 aromatic carbocycles. The summed E-state index contributed by atoms with van der Waals surface area (Å²) in [4.78, 5) is 2.45. The summed E-state index contributed by atoms with van der Waals surface area (Å²) in [6.07, 6.45) is 5.48. The standard InChI is InChI=1S/C12H27N/c1-6-7-8-9-10-13(5)11-12(2,3)4/h6-11H2,1-5H3. The van der Waals surface area contributed by atoms with Gasteiger partial charge in [-0.15, -0.1) is 0 Å². The van der Waals surface area contributed by atoms with E-state index in [0.29, 0.717) is 5.41 Å². The Morgan fingerprint density at radius 1 is 1.00 bits per heavy atom. The average Bonchev–Trinajstić information content (AvgIpc) is 1.94. The Morgan fingerprint density at radius 3 is 2.08 bits per heavy atom. The minimum absolute atomic E-state index is 0.444. The van der Waals surface area contributed by atoms with Crippen LogP contribution in [0, 0.1) is 5.41 Å². The SMILES string of the molecule is CCCCCCN(C)CC(C)(C)C. The minimum atomic E-state index is 0.444. The van der Waals surface area contributed by atoms with E-state index in [1.165, 1.54) is 38.8 Å². The van der Waals surface area contributed by atoms with Crippen molar-refractivity contribution in [2.75, 3.05) is 20.1 Å². The molecule has 0 rings (SSSR count). The van der Waals surface area contributed by atoms with Crippen LogP contribution in [0.3, 0.4) is 0 Å². The first-order valence-corrected chi connectivity index (χ1v) is 5.64. The lowest BCUT2D eigenvalue weighted by Crippen LogP contribution is -2.30. The van der Waals surface area contributed by atoms with Crippen molar-refractivity contribution in [2.24, 2.45) is 5.41 Å². The number of hydrogen-bond donors (Lipinski definition) is 0. The second-order valence-electron chi connectivity index (χ2n) is 5.36. The molecule has 0 aliphatic rings. The first-order valence-electron chi connectivity index (χ1n) is 5.64. The first kappa shape index (κ1) is 13.0. The number of nitrogens with zero attached hydrogens (tertiary/aromatic N) is 1. The van der Waals surface area contributed by atoms with E-state index >= 15 is 0 Å². The molecule has 1 heteroatoms. The van der Waals surface area contributed by atoms with E-state index in [1.54, 1.807) is 0 Å². The number of unbranched alkanes of at least 4 members (excludes halogenated alkanes) is 3. The summed E-state index contributed by atoms with van der Waals surface area (Å²) in [5.41, 5.74) is 0.444. The second-order valence-corrected chi connectivity index (χ2v) is 5.36. The van der Waals surface area contributed by atoms with Crippen LogP contribution in [0.4, 0.5) is 0 Å². The molecule has 0 aliphatic heterocycles. The summed E-state index contributed by atoms with van der Waals surface area (Å²) in [5.74, 6) is 0. The number of rotatable bonds is 6. The molecule has 0 aromatic heterocycles. The van der Waals surface area contributed by atoms with E-state index < -0.39 is 0 Å². The predicted molar refractivity (Wildman–Crippen MR) is 61.1 cm³/mol. The minimum Gasteiger partial charge on any atom is -0.306 e. The third-order valence-corrected chi connectivity index (χ3v) is 2.14. The van der Waals surface area contributed by atoms with Crippen LogP contribution in [0.5, 0.6) is 0 Å². The zero-order valence-electron chi connectivity index (χ0n) is 10.2. The van der Waals surface area contributed by atoms with Crippen molar-refractivity contribution in [3.8, 4) is 0 Å². The maximum absolute atomic E-state index is 2.45. The highest BCUT2D eigenvalue weighted by atomic mass is 15.1. The van der Waals surface area contributed by atoms with Gasteiger partial charge in [0, 0.05) is 6.54 Å². The molecule has 0 saturated carbocycles. The number of hydrogen-bond acceptors (Lipinski definition) is 1. The van der Waals surface area contributed by atoms with Crippen molar-refractivity contribution in [3.63, 3.8) is 0 Å². The van der Waals surface area contributed by atoms with Gasteiger partial charge in [0.15, 0.2) is 0 Å². The molecule has 13 heavy (non-hydrogen) atoms. The van der Waals surface area contributed by atoms with Gasteiger partial charge >= 0.3 is 0 Å². The molecule has 0 bridgehead atoms. The smallest absolute Gasteiger partial charge is 0.00270 e. The molecule has 0 N–H and O–H groups in total. The zero-order valence-corrected chi connectivity index (χ0v) is 10.2. The Morgan fingerprint density at radius 2 is 1.62 bits per heavy atom. The highest BCUT2D eigenvalue weighted by Crippen LogP contribution is 2.14. The van der Waals surface area contributed by atoms with E-state index in [1.807, 2.05) is 0 Å². The summed E-state index contributed by atoms with van der Waals surface area (Å²) in [6, 6.07) is 0. The van der Waals surface area contributed by atoms with Crippen molar-refractivity contribution in [1.82, 2.24) is 4.90 Å². The van der Waals surface area contributed by atoms with Crippen molar-refractivity contribution < 1.29 is 0 Å².